The molecule has 0 radical (unpaired) electrons. The smallest absolute Gasteiger partial charge is 0.318 e. The molecule has 4 aliphatic rings. The van der Waals surface area contributed by atoms with Gasteiger partial charge in [0, 0.05) is 17.8 Å². The van der Waals surface area contributed by atoms with Crippen LogP contribution in [-0.4, -0.2) is 29.8 Å². The first-order chi connectivity index (χ1) is 21.3. The van der Waals surface area contributed by atoms with Gasteiger partial charge in [-0.2, -0.15) is 5.10 Å². The predicted molar refractivity (Wildman–Crippen MR) is 167 cm³/mol. The Hall–Kier alpha value is -5.37. The van der Waals surface area contributed by atoms with Gasteiger partial charge in [0.15, 0.2) is 0 Å². The maximum atomic E-state index is 14.4. The van der Waals surface area contributed by atoms with E-state index in [4.69, 9.17) is 0 Å². The van der Waals surface area contributed by atoms with Crippen LogP contribution < -0.4 is 15.6 Å². The molecule has 2 bridgehead atoms. The summed E-state index contributed by atoms with van der Waals surface area (Å²) >= 11 is 0. The topological polar surface area (TPSA) is 108 Å². The first kappa shape index (κ1) is 27.5. The van der Waals surface area contributed by atoms with E-state index in [1.165, 1.54) is 4.90 Å². The molecule has 1 fully saturated rings. The van der Waals surface area contributed by atoms with Gasteiger partial charge >= 0.3 is 11.8 Å². The largest absolute Gasteiger partial charge is 0.329 e. The minimum atomic E-state index is -1.15. The summed E-state index contributed by atoms with van der Waals surface area (Å²) in [6.07, 6.45) is 2.40. The van der Waals surface area contributed by atoms with Gasteiger partial charge in [-0.05, 0) is 65.4 Å². The number of aryl methyl sites for hydroxylation is 2. The lowest BCUT2D eigenvalue weighted by Gasteiger charge is -2.52. The van der Waals surface area contributed by atoms with E-state index in [9.17, 15) is 19.2 Å². The zero-order chi connectivity index (χ0) is 30.6. The zero-order valence-electron chi connectivity index (χ0n) is 24.3. The number of hydrogen-bond donors (Lipinski definition) is 2. The van der Waals surface area contributed by atoms with Gasteiger partial charge in [0.2, 0.25) is 11.8 Å². The van der Waals surface area contributed by atoms with Crippen molar-refractivity contribution < 1.29 is 19.2 Å². The van der Waals surface area contributed by atoms with E-state index in [0.717, 1.165) is 39.8 Å². The third-order valence-electron chi connectivity index (χ3n) is 9.24. The van der Waals surface area contributed by atoms with Gasteiger partial charge in [-0.1, -0.05) is 85.3 Å². The minimum Gasteiger partial charge on any atom is -0.318 e. The molecule has 0 aromatic heterocycles. The Bertz CT molecular complexity index is 1810. The Labute approximate surface area is 254 Å². The van der Waals surface area contributed by atoms with Crippen molar-refractivity contribution >= 4 is 41.2 Å². The van der Waals surface area contributed by atoms with Crippen molar-refractivity contribution in [3.8, 4) is 0 Å². The second kappa shape index (κ2) is 10.4. The van der Waals surface area contributed by atoms with Gasteiger partial charge in [0.25, 0.3) is 0 Å². The number of benzene rings is 4. The van der Waals surface area contributed by atoms with Crippen LogP contribution in [0, 0.1) is 18.8 Å². The highest BCUT2D eigenvalue weighted by molar-refractivity contribution is 6.39. The molecule has 4 aromatic carbocycles. The van der Waals surface area contributed by atoms with Crippen LogP contribution in [0.2, 0.25) is 0 Å². The van der Waals surface area contributed by atoms with Crippen LogP contribution in [-0.2, 0) is 31.0 Å². The quantitative estimate of drug-likeness (QED) is 0.152. The monoisotopic (exact) mass is 582 g/mol. The maximum Gasteiger partial charge on any atom is 0.329 e. The summed E-state index contributed by atoms with van der Waals surface area (Å²) < 4.78 is 0. The normalized spacial score (nSPS) is 22.9. The fraction of sp³-hybridized carbons (Fsp3) is 0.194. The number of hydrazone groups is 1. The van der Waals surface area contributed by atoms with E-state index in [0.29, 0.717) is 11.4 Å². The summed E-state index contributed by atoms with van der Waals surface area (Å²) in [5.41, 5.74) is 7.98. The van der Waals surface area contributed by atoms with Crippen LogP contribution in [0.25, 0.3) is 0 Å². The molecule has 8 nitrogen and oxygen atoms in total. The fourth-order valence-corrected chi connectivity index (χ4v) is 7.25. The zero-order valence-corrected chi connectivity index (χ0v) is 24.3. The standard InChI is InChI=1S/C36H30N4O4/c1-3-22-14-16-23(17-15-22)38-32(41)33(42)39-37-20-36-27-10-6-4-8-25(27)29(26-9-5-7-11-28(26)36)30-31(36)35(44)40(34(30)43)24-18-12-21(2)13-19-24/h4-20,29-31H,3H2,1-2H3,(H,38,41)(H,39,42)/b37-20-/t29?,30-,31+,36?/m0/s1. The van der Waals surface area contributed by atoms with Crippen molar-refractivity contribution in [2.45, 2.75) is 31.6 Å². The molecular weight excluding hydrogens is 552 g/mol. The lowest BCUT2D eigenvalue weighted by molar-refractivity contribution is -0.136. The van der Waals surface area contributed by atoms with Crippen LogP contribution in [0.5, 0.6) is 0 Å². The average Bonchev–Trinajstić information content (AvgIpc) is 3.32. The Kier molecular flexibility index (Phi) is 6.50. The van der Waals surface area contributed by atoms with E-state index in [-0.39, 0.29) is 17.7 Å². The molecular formula is C36H30N4O4. The Morgan fingerprint density at radius 1 is 0.818 bits per heavy atom. The Balaban J connectivity index is 1.28. The third-order valence-corrected chi connectivity index (χ3v) is 9.24. The number of hydrogen-bond acceptors (Lipinski definition) is 5. The highest BCUT2D eigenvalue weighted by Gasteiger charge is 2.68. The lowest BCUT2D eigenvalue weighted by atomic mass is 9.47. The molecule has 44 heavy (non-hydrogen) atoms. The van der Waals surface area contributed by atoms with Crippen molar-refractivity contribution in [2.24, 2.45) is 16.9 Å². The first-order valence-corrected chi connectivity index (χ1v) is 14.7. The molecule has 218 valence electrons. The van der Waals surface area contributed by atoms with Gasteiger partial charge in [-0.15, -0.1) is 0 Å². The van der Waals surface area contributed by atoms with Crippen molar-refractivity contribution in [1.29, 1.82) is 0 Å². The lowest BCUT2D eigenvalue weighted by Crippen LogP contribution is -2.54. The Morgan fingerprint density at radius 3 is 2.05 bits per heavy atom. The second-order valence-electron chi connectivity index (χ2n) is 11.6. The van der Waals surface area contributed by atoms with Crippen LogP contribution in [0.4, 0.5) is 11.4 Å². The third kappa shape index (κ3) is 4.01. The number of nitrogens with one attached hydrogen (secondary N) is 2. The van der Waals surface area contributed by atoms with Crippen LogP contribution in [0.15, 0.2) is 102 Å². The summed E-state index contributed by atoms with van der Waals surface area (Å²) in [5, 5.41) is 6.90. The van der Waals surface area contributed by atoms with Gasteiger partial charge in [0.1, 0.15) is 0 Å². The second-order valence-corrected chi connectivity index (χ2v) is 11.6. The van der Waals surface area contributed by atoms with Crippen molar-refractivity contribution in [3.63, 3.8) is 0 Å². The summed E-state index contributed by atoms with van der Waals surface area (Å²) in [4.78, 5) is 55.5. The highest BCUT2D eigenvalue weighted by Crippen LogP contribution is 2.63. The molecule has 0 spiro atoms. The Morgan fingerprint density at radius 2 is 1.43 bits per heavy atom. The molecule has 1 saturated heterocycles. The molecule has 3 aliphatic carbocycles. The molecule has 8 heteroatoms. The summed E-state index contributed by atoms with van der Waals surface area (Å²) in [6.45, 7) is 3.98. The molecule has 0 saturated carbocycles. The van der Waals surface area contributed by atoms with Crippen LogP contribution in [0.1, 0.15) is 46.2 Å². The number of imide groups is 1. The van der Waals surface area contributed by atoms with Crippen molar-refractivity contribution in [1.82, 2.24) is 5.43 Å². The van der Waals surface area contributed by atoms with E-state index in [2.05, 4.69) is 15.8 Å². The van der Waals surface area contributed by atoms with Gasteiger partial charge in [0.05, 0.1) is 22.9 Å². The minimum absolute atomic E-state index is 0.256. The number of amides is 4. The fourth-order valence-electron chi connectivity index (χ4n) is 7.25. The van der Waals surface area contributed by atoms with Crippen molar-refractivity contribution in [3.05, 3.63) is 130 Å². The number of nitrogens with zero attached hydrogens (tertiary/aromatic N) is 2. The molecule has 4 amide bonds. The summed E-state index contributed by atoms with van der Waals surface area (Å²) in [5.74, 6) is -4.16. The maximum absolute atomic E-state index is 14.4. The molecule has 1 heterocycles. The summed E-state index contributed by atoms with van der Waals surface area (Å²) in [6, 6.07) is 30.2. The van der Waals surface area contributed by atoms with Crippen molar-refractivity contribution in [2.75, 3.05) is 10.2 Å². The van der Waals surface area contributed by atoms with E-state index < -0.39 is 29.1 Å². The van der Waals surface area contributed by atoms with Gasteiger partial charge in [-0.3, -0.25) is 19.2 Å². The summed E-state index contributed by atoms with van der Waals surface area (Å²) in [7, 11) is 0. The molecule has 8 rings (SSSR count). The molecule has 1 aliphatic heterocycles. The molecule has 2 N–H and O–H groups in total. The number of anilines is 2. The van der Waals surface area contributed by atoms with E-state index in [1.54, 1.807) is 30.5 Å². The van der Waals surface area contributed by atoms with E-state index in [1.807, 2.05) is 86.6 Å². The number of carbonyl (C=O) groups excluding carboxylic acids is 4. The molecule has 4 aromatic rings. The molecule has 0 unspecified atom stereocenters. The van der Waals surface area contributed by atoms with Crippen LogP contribution in [0.3, 0.4) is 0 Å². The molecule has 2 atom stereocenters. The van der Waals surface area contributed by atoms with E-state index >= 15 is 0 Å². The first-order valence-electron chi connectivity index (χ1n) is 14.7. The predicted octanol–water partition coefficient (Wildman–Crippen LogP) is 4.85. The van der Waals surface area contributed by atoms with Crippen LogP contribution >= 0.6 is 0 Å². The average molecular weight is 583 g/mol. The van der Waals surface area contributed by atoms with Gasteiger partial charge < -0.3 is 5.32 Å². The van der Waals surface area contributed by atoms with Gasteiger partial charge in [-0.25, -0.2) is 10.3 Å². The number of rotatable bonds is 5. The number of carbonyl (C=O) groups is 4. The highest BCUT2D eigenvalue weighted by atomic mass is 16.2. The SMILES string of the molecule is CCc1ccc(NC(=O)C(=O)N/N=C\C23c4ccccc4C(c4ccccc42)[C@@H]2C(=O)N(c4ccc(C)cc4)C(=O)[C@@H]23)cc1.